The minimum absolute atomic E-state index is 0.00181. The van der Waals surface area contributed by atoms with Crippen LogP contribution in [0, 0.1) is 27.6 Å². The predicted octanol–water partition coefficient (Wildman–Crippen LogP) is 22.5. The van der Waals surface area contributed by atoms with Gasteiger partial charge in [-0.2, -0.15) is 0 Å². The zero-order chi connectivity index (χ0) is 95.3. The number of likely N-dealkylation sites (tertiary alicyclic amines) is 1. The third kappa shape index (κ3) is 40.1. The molecule has 0 aliphatic carbocycles. The smallest absolute Gasteiger partial charge is 0.251 e. The summed E-state index contributed by atoms with van der Waals surface area (Å²) in [5, 5.41) is 19.7. The van der Waals surface area contributed by atoms with Crippen LogP contribution in [0.15, 0.2) is 158 Å². The molecular weight excluding hydrogens is 1600 g/mol. The molecule has 2 aliphatic heterocycles. The molecule has 0 spiro atoms. The Kier molecular flexibility index (Phi) is 41.4. The highest BCUT2D eigenvalue weighted by molar-refractivity contribution is 8.00. The number of carbonyl (C=O) groups excluding carboxylic acids is 7. The number of amides is 6. The molecule has 0 radical (unpaired) electrons. The maximum atomic E-state index is 12.9. The van der Waals surface area contributed by atoms with Crippen molar-refractivity contribution in [2.45, 2.75) is 316 Å². The molecule has 6 aromatic carbocycles. The van der Waals surface area contributed by atoms with Crippen LogP contribution in [0.3, 0.4) is 0 Å². The number of thioether (sulfide) groups is 1. The van der Waals surface area contributed by atoms with Crippen molar-refractivity contribution in [3.05, 3.63) is 219 Å². The second-order valence-electron chi connectivity index (χ2n) is 45.0. The lowest BCUT2D eigenvalue weighted by molar-refractivity contribution is -0.122. The Morgan fingerprint density at radius 1 is 0.496 bits per heavy atom. The number of benzene rings is 6. The lowest BCUT2D eigenvalue weighted by atomic mass is 9.75. The Balaban J connectivity index is 0.000000288. The predicted molar refractivity (Wildman–Crippen MR) is 528 cm³/mol. The molecule has 19 heteroatoms. The van der Waals surface area contributed by atoms with E-state index in [-0.39, 0.29) is 102 Å². The largest absolute Gasteiger partial charge is 0.379 e. The van der Waals surface area contributed by atoms with Crippen LogP contribution >= 0.6 is 11.8 Å². The molecule has 3 unspecified atom stereocenters. The third-order valence-corrected chi connectivity index (χ3v) is 24.1. The normalized spacial score (nSPS) is 15.2. The van der Waals surface area contributed by atoms with Crippen molar-refractivity contribution in [2.75, 3.05) is 69.8 Å². The summed E-state index contributed by atoms with van der Waals surface area (Å²) < 4.78 is 12.6. The molecule has 127 heavy (non-hydrogen) atoms. The maximum absolute atomic E-state index is 12.9. The monoisotopic (exact) mass is 1760 g/mol. The van der Waals surface area contributed by atoms with E-state index in [0.717, 1.165) is 59.7 Å². The summed E-state index contributed by atoms with van der Waals surface area (Å²) in [6, 6.07) is 49.4. The number of hydrogen-bond donors (Lipinski definition) is 4. The van der Waals surface area contributed by atoms with Crippen LogP contribution in [0.5, 0.6) is 0 Å². The first kappa shape index (κ1) is 109. The number of hydrogen-bond acceptors (Lipinski definition) is 13. The minimum Gasteiger partial charge on any atom is -0.379 e. The van der Waals surface area contributed by atoms with Crippen LogP contribution < -0.4 is 26.2 Å². The molecule has 0 bridgehead atoms. The van der Waals surface area contributed by atoms with Crippen LogP contribution in [-0.4, -0.2) is 143 Å². The van der Waals surface area contributed by atoms with Crippen molar-refractivity contribution in [1.82, 2.24) is 41.2 Å². The molecule has 18 nitrogen and oxygen atoms in total. The molecule has 700 valence electrons. The average Bonchev–Trinajstić information content (AvgIpc) is 1.66. The van der Waals surface area contributed by atoms with Gasteiger partial charge in [0.25, 0.3) is 17.7 Å². The minimum atomic E-state index is -0.234. The van der Waals surface area contributed by atoms with Gasteiger partial charge in [0.15, 0.2) is 5.78 Å². The number of Topliss-reactive ketones (excluding diaryl/α,β-unsaturated/α-hetero) is 1. The highest BCUT2D eigenvalue weighted by atomic mass is 32.2. The van der Waals surface area contributed by atoms with Gasteiger partial charge in [0.05, 0.1) is 36.5 Å². The van der Waals surface area contributed by atoms with Crippen LogP contribution in [0.25, 0.3) is 0 Å². The molecule has 1 aromatic heterocycles. The van der Waals surface area contributed by atoms with Gasteiger partial charge in [-0.3, -0.25) is 38.5 Å². The van der Waals surface area contributed by atoms with E-state index in [1.54, 1.807) is 22.5 Å². The summed E-state index contributed by atoms with van der Waals surface area (Å²) >= 11 is 1.62. The molecule has 9 rings (SSSR count). The number of aryl methyl sites for hydroxylation is 1. The fourth-order valence-electron chi connectivity index (χ4n) is 14.0. The number of nitrogens with zero attached hydrogens (tertiary/aromatic N) is 5. The van der Waals surface area contributed by atoms with Crippen molar-refractivity contribution >= 4 is 58.7 Å². The molecule has 4 N–H and O–H groups in total. The van der Waals surface area contributed by atoms with E-state index in [1.165, 1.54) is 58.6 Å². The Hall–Kier alpha value is -8.62. The first-order valence-corrected chi connectivity index (χ1v) is 47.3. The highest BCUT2D eigenvalue weighted by Crippen LogP contribution is 2.38. The molecule has 2 fully saturated rings. The quantitative estimate of drug-likeness (QED) is 0.0204. The first-order valence-electron chi connectivity index (χ1n) is 46.2. The van der Waals surface area contributed by atoms with Gasteiger partial charge in [0.1, 0.15) is 6.54 Å². The van der Waals surface area contributed by atoms with Gasteiger partial charge in [-0.05, 0) is 215 Å². The fraction of sp³-hybridized carbons (Fsp3) is 0.583. The molecule has 2 saturated heterocycles. The SMILES string of the molecule is CC(C)(C)C1CCCN(C(C)(C)C)C1.CC(C)(C)CCSC1CC(=O)N(c2ccc(C(C)(C)C)cc2)C1=O.CC(C)(C)CCc1cn(CC(=O)NCCNC(=O)c2cccc(C(C)(C)C)c2)nn1.CC(C)(C)c1ccc(C(=O)CCCOCCOCCNC(=O)c2ccc(C(C)(C)C)cc2)cc1.CC(C)(C)c1cccc(C(=O)NC(Cc2ccccc2)C(C)(C)C)c1. The topological polar surface area (TPSA) is 223 Å². The second-order valence-corrected chi connectivity index (χ2v) is 46.4. The molecule has 6 amide bonds. The van der Waals surface area contributed by atoms with Crippen molar-refractivity contribution in [2.24, 2.45) is 27.6 Å². The molecule has 0 saturated carbocycles. The number of aromatic nitrogens is 3. The number of ether oxygens (including phenoxy) is 2. The fourth-order valence-corrected chi connectivity index (χ4v) is 15.5. The van der Waals surface area contributed by atoms with E-state index in [0.29, 0.717) is 93.1 Å². The van der Waals surface area contributed by atoms with Gasteiger partial charge in [-0.15, -0.1) is 16.9 Å². The summed E-state index contributed by atoms with van der Waals surface area (Å²) in [7, 11) is 0. The van der Waals surface area contributed by atoms with E-state index in [2.05, 4.69) is 262 Å². The summed E-state index contributed by atoms with van der Waals surface area (Å²) in [6.45, 7) is 71.7. The van der Waals surface area contributed by atoms with E-state index in [1.807, 2.05) is 134 Å². The Morgan fingerprint density at radius 2 is 0.976 bits per heavy atom. The summed E-state index contributed by atoms with van der Waals surface area (Å²) in [5.41, 5.74) is 13.0. The number of piperidine rings is 1. The van der Waals surface area contributed by atoms with Gasteiger partial charge in [-0.1, -0.05) is 295 Å². The maximum Gasteiger partial charge on any atom is 0.251 e. The average molecular weight is 1760 g/mol. The van der Waals surface area contributed by atoms with E-state index < -0.39 is 0 Å². The van der Waals surface area contributed by atoms with E-state index in [9.17, 15) is 33.6 Å². The first-order chi connectivity index (χ1) is 58.7. The third-order valence-electron chi connectivity index (χ3n) is 22.9. The van der Waals surface area contributed by atoms with Crippen LogP contribution in [0.2, 0.25) is 0 Å². The highest BCUT2D eigenvalue weighted by Gasteiger charge is 2.40. The van der Waals surface area contributed by atoms with Gasteiger partial charge in [-0.25, -0.2) is 9.58 Å². The number of ketones is 1. The van der Waals surface area contributed by atoms with Crippen LogP contribution in [0.4, 0.5) is 5.69 Å². The lowest BCUT2D eigenvalue weighted by Gasteiger charge is -2.45. The van der Waals surface area contributed by atoms with Crippen LogP contribution in [-0.2, 0) is 70.3 Å². The molecular formula is C108H163N9O9S. The Bertz CT molecular complexity index is 4460. The molecule has 3 heterocycles. The van der Waals surface area contributed by atoms with Crippen molar-refractivity contribution in [3.8, 4) is 0 Å². The van der Waals surface area contributed by atoms with Gasteiger partial charge >= 0.3 is 0 Å². The number of rotatable bonds is 28. The van der Waals surface area contributed by atoms with Crippen LogP contribution in [0.1, 0.15) is 333 Å². The van der Waals surface area contributed by atoms with Gasteiger partial charge in [0.2, 0.25) is 17.7 Å². The molecule has 7 aromatic rings. The molecule has 3 atom stereocenters. The number of nitrogens with one attached hydrogen (secondary N) is 4. The Labute approximate surface area is 770 Å². The Morgan fingerprint density at radius 3 is 1.47 bits per heavy atom. The van der Waals surface area contributed by atoms with Crippen molar-refractivity contribution in [1.29, 1.82) is 0 Å². The summed E-state index contributed by atoms with van der Waals surface area (Å²) in [6.07, 6.45) is 9.79. The molecule has 2 aliphatic rings. The standard InChI is InChI=1S/C29H41NO4.C23H35N5O2.C23H31NO.C20H29NO2S.C13H27N/c1-28(2,3)24-13-9-22(10-14-24)26(31)8-7-18-33-20-21-34-19-17-30-27(32)23-11-15-25(16-12-23)29(4,5)6;1-22(2,3)11-10-19-15-28(27-26-19)16-20(29)24-12-13-25-21(30)17-8-7-9-18(14-17)23(4,5)6;1-22(2,3)19-14-10-13-18(16-19)21(25)24-20(23(4,5)6)15-17-11-8-7-9-12-17;1-19(2,3)11-12-24-16-13-17(22)21(18(16)23)15-9-7-14(8-10-15)20(4,5)6;1-12(2,3)11-8-7-9-14(10-11)13(4,5)6/h9-16H,7-8,17-21H2,1-6H3,(H,30,32);7-9,14-15H,10-13,16H2,1-6H3,(H,24,29)(H,25,30);7-14,16,20H,15H2,1-6H3,(H,24,25);7-10,16H,11-13H2,1-6H3;11H,7-10H2,1-6H3. The van der Waals surface area contributed by atoms with Gasteiger partial charge in [0, 0.05) is 85.7 Å². The summed E-state index contributed by atoms with van der Waals surface area (Å²) in [5.74, 6) is 1.37. The number of anilines is 1. The van der Waals surface area contributed by atoms with Gasteiger partial charge < -0.3 is 30.7 Å². The lowest BCUT2D eigenvalue weighted by Crippen LogP contribution is -2.49. The van der Waals surface area contributed by atoms with E-state index in [4.69, 9.17) is 9.47 Å². The summed E-state index contributed by atoms with van der Waals surface area (Å²) in [4.78, 5) is 90.8. The van der Waals surface area contributed by atoms with Crippen molar-refractivity contribution in [3.63, 3.8) is 0 Å². The second kappa shape index (κ2) is 48.3. The van der Waals surface area contributed by atoms with E-state index >= 15 is 0 Å². The number of imide groups is 1. The zero-order valence-corrected chi connectivity index (χ0v) is 84.5. The number of carbonyl (C=O) groups is 7. The zero-order valence-electron chi connectivity index (χ0n) is 83.7. The van der Waals surface area contributed by atoms with Crippen molar-refractivity contribution < 1.29 is 43.0 Å².